The maximum atomic E-state index is 12.0. The first kappa shape index (κ1) is 16.2. The molecule has 2 heterocycles. The number of benzene rings is 1. The van der Waals surface area contributed by atoms with E-state index in [-0.39, 0.29) is 18.8 Å². The number of carbonyl (C=O) groups excluding carboxylic acids is 3. The second-order valence-electron chi connectivity index (χ2n) is 4.91. The van der Waals surface area contributed by atoms with Crippen LogP contribution in [0.1, 0.15) is 10.5 Å². The fourth-order valence-corrected chi connectivity index (χ4v) is 2.36. The van der Waals surface area contributed by atoms with Gasteiger partial charge in [0.15, 0.2) is 6.61 Å². The standard InChI is InChI=1S/C15H12BrN3O5/c16-10-3-1-9(2-4-10)11-7-12(18-17-11)14(21)24-8-13(20)19-5-6-23-15(19)22/h1-4,7H,5-6,8H2,(H,17,18). The van der Waals surface area contributed by atoms with E-state index in [1.54, 1.807) is 0 Å². The highest BCUT2D eigenvalue weighted by Gasteiger charge is 2.29. The quantitative estimate of drug-likeness (QED) is 0.796. The van der Waals surface area contributed by atoms with Crippen LogP contribution in [-0.4, -0.2) is 52.8 Å². The molecule has 24 heavy (non-hydrogen) atoms. The number of cyclic esters (lactones) is 1. The third-order valence-electron chi connectivity index (χ3n) is 3.33. The second kappa shape index (κ2) is 6.83. The fraction of sp³-hybridized carbons (Fsp3) is 0.200. The summed E-state index contributed by atoms with van der Waals surface area (Å²) in [4.78, 5) is 35.9. The third kappa shape index (κ3) is 3.46. The molecule has 3 rings (SSSR count). The highest BCUT2D eigenvalue weighted by Crippen LogP contribution is 2.20. The normalized spacial score (nSPS) is 13.7. The number of ether oxygens (including phenoxy) is 2. The summed E-state index contributed by atoms with van der Waals surface area (Å²) in [6.07, 6.45) is -0.727. The van der Waals surface area contributed by atoms with Gasteiger partial charge in [0.1, 0.15) is 12.3 Å². The molecular formula is C15H12BrN3O5. The molecule has 2 amide bonds. The number of nitrogens with zero attached hydrogens (tertiary/aromatic N) is 2. The zero-order valence-corrected chi connectivity index (χ0v) is 13.9. The van der Waals surface area contributed by atoms with Crippen molar-refractivity contribution in [3.8, 4) is 11.3 Å². The summed E-state index contributed by atoms with van der Waals surface area (Å²) in [6.45, 7) is -0.233. The van der Waals surface area contributed by atoms with Crippen LogP contribution in [0.2, 0.25) is 0 Å². The first-order valence-electron chi connectivity index (χ1n) is 7.00. The second-order valence-corrected chi connectivity index (χ2v) is 5.83. The summed E-state index contributed by atoms with van der Waals surface area (Å²) in [6, 6.07) is 8.93. The van der Waals surface area contributed by atoms with E-state index in [1.807, 2.05) is 24.3 Å². The topological polar surface area (TPSA) is 102 Å². The number of esters is 1. The van der Waals surface area contributed by atoms with Gasteiger partial charge in [-0.25, -0.2) is 14.5 Å². The zero-order chi connectivity index (χ0) is 17.1. The van der Waals surface area contributed by atoms with Crippen LogP contribution in [0.4, 0.5) is 4.79 Å². The molecule has 1 N–H and O–H groups in total. The Morgan fingerprint density at radius 1 is 1.33 bits per heavy atom. The molecular weight excluding hydrogens is 382 g/mol. The molecule has 8 nitrogen and oxygen atoms in total. The van der Waals surface area contributed by atoms with E-state index in [2.05, 4.69) is 30.9 Å². The number of hydrogen-bond acceptors (Lipinski definition) is 6. The van der Waals surface area contributed by atoms with Crippen LogP contribution < -0.4 is 0 Å². The molecule has 1 aliphatic rings. The van der Waals surface area contributed by atoms with Gasteiger partial charge in [0, 0.05) is 10.0 Å². The van der Waals surface area contributed by atoms with Crippen molar-refractivity contribution < 1.29 is 23.9 Å². The molecule has 1 aromatic carbocycles. The summed E-state index contributed by atoms with van der Waals surface area (Å²) in [5, 5.41) is 6.61. The SMILES string of the molecule is O=C(OCC(=O)N1CCOC1=O)c1cc(-c2ccc(Br)cc2)n[nH]1. The molecule has 124 valence electrons. The molecule has 1 saturated heterocycles. The Morgan fingerprint density at radius 3 is 2.75 bits per heavy atom. The van der Waals surface area contributed by atoms with E-state index in [0.29, 0.717) is 5.69 Å². The number of carbonyl (C=O) groups is 3. The Kier molecular flexibility index (Phi) is 4.61. The first-order chi connectivity index (χ1) is 11.5. The van der Waals surface area contributed by atoms with Gasteiger partial charge in [-0.3, -0.25) is 9.89 Å². The number of aromatic nitrogens is 2. The third-order valence-corrected chi connectivity index (χ3v) is 3.86. The van der Waals surface area contributed by atoms with Gasteiger partial charge in [0.05, 0.1) is 12.2 Å². The fourth-order valence-electron chi connectivity index (χ4n) is 2.10. The maximum Gasteiger partial charge on any atom is 0.416 e. The van der Waals surface area contributed by atoms with Crippen molar-refractivity contribution in [1.82, 2.24) is 15.1 Å². The summed E-state index contributed by atoms with van der Waals surface area (Å²) >= 11 is 3.34. The van der Waals surface area contributed by atoms with Gasteiger partial charge in [-0.2, -0.15) is 5.10 Å². The molecule has 0 aliphatic carbocycles. The molecule has 0 atom stereocenters. The van der Waals surface area contributed by atoms with E-state index in [4.69, 9.17) is 4.74 Å². The van der Waals surface area contributed by atoms with Crippen molar-refractivity contribution in [2.24, 2.45) is 0 Å². The Hall–Kier alpha value is -2.68. The van der Waals surface area contributed by atoms with E-state index in [1.165, 1.54) is 6.07 Å². The molecule has 1 fully saturated rings. The first-order valence-corrected chi connectivity index (χ1v) is 7.79. The van der Waals surface area contributed by atoms with Gasteiger partial charge >= 0.3 is 12.1 Å². The molecule has 1 aliphatic heterocycles. The zero-order valence-electron chi connectivity index (χ0n) is 12.3. The van der Waals surface area contributed by atoms with Crippen LogP contribution in [0, 0.1) is 0 Å². The number of aromatic amines is 1. The monoisotopic (exact) mass is 393 g/mol. The average Bonchev–Trinajstić information content (AvgIpc) is 3.22. The number of nitrogens with one attached hydrogen (secondary N) is 1. The summed E-state index contributed by atoms with van der Waals surface area (Å²) in [5.41, 5.74) is 1.51. The van der Waals surface area contributed by atoms with Gasteiger partial charge in [-0.15, -0.1) is 0 Å². The smallest absolute Gasteiger partial charge is 0.416 e. The molecule has 0 bridgehead atoms. The molecule has 0 saturated carbocycles. The lowest BCUT2D eigenvalue weighted by Gasteiger charge is -2.10. The van der Waals surface area contributed by atoms with Crippen LogP contribution in [0.25, 0.3) is 11.3 Å². The van der Waals surface area contributed by atoms with Gasteiger partial charge < -0.3 is 9.47 Å². The van der Waals surface area contributed by atoms with E-state index in [0.717, 1.165) is 14.9 Å². The molecule has 0 spiro atoms. The van der Waals surface area contributed by atoms with Crippen molar-refractivity contribution in [2.45, 2.75) is 0 Å². The molecule has 0 unspecified atom stereocenters. The average molecular weight is 394 g/mol. The Labute approximate surface area is 144 Å². The predicted octanol–water partition coefficient (Wildman–Crippen LogP) is 1.97. The van der Waals surface area contributed by atoms with Crippen LogP contribution in [0.3, 0.4) is 0 Å². The Bertz CT molecular complexity index is 787. The van der Waals surface area contributed by atoms with Gasteiger partial charge in [-0.1, -0.05) is 28.1 Å². The lowest BCUT2D eigenvalue weighted by Crippen LogP contribution is -2.35. The summed E-state index contributed by atoms with van der Waals surface area (Å²) in [5.74, 6) is -1.36. The van der Waals surface area contributed by atoms with Crippen LogP contribution in [0.5, 0.6) is 0 Å². The van der Waals surface area contributed by atoms with Crippen molar-refractivity contribution in [2.75, 3.05) is 19.8 Å². The minimum absolute atomic E-state index is 0.115. The van der Waals surface area contributed by atoms with Crippen molar-refractivity contribution in [3.63, 3.8) is 0 Å². The van der Waals surface area contributed by atoms with Crippen LogP contribution in [0.15, 0.2) is 34.8 Å². The van der Waals surface area contributed by atoms with Crippen molar-refractivity contribution in [3.05, 3.63) is 40.5 Å². The van der Waals surface area contributed by atoms with Crippen molar-refractivity contribution in [1.29, 1.82) is 0 Å². The van der Waals surface area contributed by atoms with Crippen molar-refractivity contribution >= 4 is 33.9 Å². The largest absolute Gasteiger partial charge is 0.451 e. The van der Waals surface area contributed by atoms with Gasteiger partial charge in [-0.05, 0) is 18.2 Å². The lowest BCUT2D eigenvalue weighted by molar-refractivity contribution is -0.131. The molecule has 0 radical (unpaired) electrons. The minimum Gasteiger partial charge on any atom is -0.451 e. The molecule has 2 aromatic rings. The van der Waals surface area contributed by atoms with E-state index in [9.17, 15) is 14.4 Å². The number of hydrogen-bond donors (Lipinski definition) is 1. The molecule has 1 aromatic heterocycles. The lowest BCUT2D eigenvalue weighted by atomic mass is 10.1. The number of H-pyrrole nitrogens is 1. The Morgan fingerprint density at radius 2 is 2.08 bits per heavy atom. The maximum absolute atomic E-state index is 12.0. The Balaban J connectivity index is 1.60. The highest BCUT2D eigenvalue weighted by atomic mass is 79.9. The number of rotatable bonds is 4. The highest BCUT2D eigenvalue weighted by molar-refractivity contribution is 9.10. The van der Waals surface area contributed by atoms with Crippen LogP contribution >= 0.6 is 15.9 Å². The minimum atomic E-state index is -0.730. The summed E-state index contributed by atoms with van der Waals surface area (Å²) < 4.78 is 10.5. The summed E-state index contributed by atoms with van der Waals surface area (Å²) in [7, 11) is 0. The number of halogens is 1. The van der Waals surface area contributed by atoms with Gasteiger partial charge in [0.2, 0.25) is 0 Å². The number of imide groups is 1. The van der Waals surface area contributed by atoms with Crippen LogP contribution in [-0.2, 0) is 14.3 Å². The van der Waals surface area contributed by atoms with Gasteiger partial charge in [0.25, 0.3) is 5.91 Å². The van der Waals surface area contributed by atoms with E-state index >= 15 is 0 Å². The number of amides is 2. The van der Waals surface area contributed by atoms with E-state index < -0.39 is 24.6 Å². The predicted molar refractivity (Wildman–Crippen MR) is 85.1 cm³/mol. The molecule has 9 heteroatoms.